The van der Waals surface area contributed by atoms with E-state index in [9.17, 15) is 21.6 Å². The molecular weight excluding hydrogens is 392 g/mol. The summed E-state index contributed by atoms with van der Waals surface area (Å²) in [5.74, 6) is 0.140. The topological polar surface area (TPSA) is 112 Å². The molecule has 0 spiro atoms. The summed E-state index contributed by atoms with van der Waals surface area (Å²) in [6.07, 6.45) is 2.02. The van der Waals surface area contributed by atoms with Gasteiger partial charge in [-0.1, -0.05) is 26.0 Å². The highest BCUT2D eigenvalue weighted by Crippen LogP contribution is 2.20. The maximum absolute atomic E-state index is 12.5. The molecule has 1 aromatic heterocycles. The van der Waals surface area contributed by atoms with Gasteiger partial charge in [0.05, 0.1) is 23.5 Å². The van der Waals surface area contributed by atoms with Crippen LogP contribution in [0.1, 0.15) is 19.4 Å². The first-order chi connectivity index (χ1) is 12.4. The zero-order valence-electron chi connectivity index (χ0n) is 15.5. The Labute approximate surface area is 158 Å². The van der Waals surface area contributed by atoms with E-state index in [4.69, 9.17) is 4.18 Å². The van der Waals surface area contributed by atoms with Gasteiger partial charge in [0.15, 0.2) is 9.84 Å². The molecule has 0 saturated carbocycles. The summed E-state index contributed by atoms with van der Waals surface area (Å²) < 4.78 is 51.8. The lowest BCUT2D eigenvalue weighted by atomic mass is 10.1. The van der Waals surface area contributed by atoms with E-state index in [0.717, 1.165) is 12.5 Å². The van der Waals surface area contributed by atoms with Gasteiger partial charge in [0, 0.05) is 23.9 Å². The molecule has 1 aromatic carbocycles. The van der Waals surface area contributed by atoms with Gasteiger partial charge in [0.1, 0.15) is 0 Å². The van der Waals surface area contributed by atoms with Crippen molar-refractivity contribution < 1.29 is 21.0 Å². The molecule has 1 heterocycles. The molecule has 2 rings (SSSR count). The lowest BCUT2D eigenvalue weighted by Gasteiger charge is -2.12. The quantitative estimate of drug-likeness (QED) is 0.630. The van der Waals surface area contributed by atoms with Crippen LogP contribution in [0.25, 0.3) is 11.3 Å². The van der Waals surface area contributed by atoms with Gasteiger partial charge in [-0.15, -0.1) is 0 Å². The summed E-state index contributed by atoms with van der Waals surface area (Å²) in [7, 11) is -7.04. The minimum Gasteiger partial charge on any atom is -0.267 e. The summed E-state index contributed by atoms with van der Waals surface area (Å²) in [4.78, 5) is 12.7. The van der Waals surface area contributed by atoms with Crippen LogP contribution in [0.4, 0.5) is 0 Å². The van der Waals surface area contributed by atoms with E-state index in [0.29, 0.717) is 17.8 Å². The molecule has 0 atom stereocenters. The zero-order valence-corrected chi connectivity index (χ0v) is 17.2. The molecule has 0 saturated heterocycles. The number of benzene rings is 1. The number of hydrogen-bond acceptors (Lipinski definition) is 7. The number of aromatic nitrogens is 2. The van der Waals surface area contributed by atoms with Crippen molar-refractivity contribution in [2.45, 2.75) is 31.9 Å². The Kier molecular flexibility index (Phi) is 6.23. The van der Waals surface area contributed by atoms with Crippen LogP contribution in [-0.4, -0.2) is 39.1 Å². The monoisotopic (exact) mass is 414 g/mol. The molecule has 0 aliphatic heterocycles. The summed E-state index contributed by atoms with van der Waals surface area (Å²) in [6, 6.07) is 7.54. The molecular formula is C17H22N2O6S2. The van der Waals surface area contributed by atoms with Crippen molar-refractivity contribution in [1.82, 2.24) is 9.78 Å². The third-order valence-corrected chi connectivity index (χ3v) is 5.27. The minimum atomic E-state index is -3.71. The van der Waals surface area contributed by atoms with Crippen molar-refractivity contribution in [3.05, 3.63) is 46.2 Å². The first-order valence-corrected chi connectivity index (χ1v) is 11.8. The Hall–Kier alpha value is -2.04. The molecule has 8 nitrogen and oxygen atoms in total. The van der Waals surface area contributed by atoms with Crippen LogP contribution < -0.4 is 5.56 Å². The average molecular weight is 415 g/mol. The second kappa shape index (κ2) is 7.91. The summed E-state index contributed by atoms with van der Waals surface area (Å²) in [5, 5.41) is 4.33. The van der Waals surface area contributed by atoms with Gasteiger partial charge in [-0.05, 0) is 24.1 Å². The second-order valence-electron chi connectivity index (χ2n) is 6.70. The first kappa shape index (κ1) is 21.3. The molecule has 10 heteroatoms. The summed E-state index contributed by atoms with van der Waals surface area (Å²) >= 11 is 0. The molecule has 0 aliphatic carbocycles. The van der Waals surface area contributed by atoms with Crippen LogP contribution in [0, 0.1) is 5.92 Å². The fraction of sp³-hybridized carbons (Fsp3) is 0.412. The van der Waals surface area contributed by atoms with Crippen LogP contribution in [0.15, 0.2) is 40.0 Å². The van der Waals surface area contributed by atoms with E-state index >= 15 is 0 Å². The number of rotatable bonds is 7. The van der Waals surface area contributed by atoms with Crippen LogP contribution in [0.2, 0.25) is 0 Å². The first-order valence-electron chi connectivity index (χ1n) is 8.13. The van der Waals surface area contributed by atoms with Crippen LogP contribution in [0.5, 0.6) is 0 Å². The molecule has 0 radical (unpaired) electrons. The van der Waals surface area contributed by atoms with E-state index in [-0.39, 0.29) is 16.4 Å². The van der Waals surface area contributed by atoms with E-state index in [1.54, 1.807) is 12.1 Å². The minimum absolute atomic E-state index is 0.140. The molecule has 0 fully saturated rings. The molecule has 0 unspecified atom stereocenters. The molecule has 0 amide bonds. The van der Waals surface area contributed by atoms with E-state index in [1.807, 2.05) is 13.8 Å². The summed E-state index contributed by atoms with van der Waals surface area (Å²) in [5.41, 5.74) is 0.741. The van der Waals surface area contributed by atoms with Gasteiger partial charge < -0.3 is 0 Å². The van der Waals surface area contributed by atoms with Gasteiger partial charge in [-0.2, -0.15) is 13.5 Å². The third kappa shape index (κ3) is 5.98. The molecule has 0 bridgehead atoms. The smallest absolute Gasteiger partial charge is 0.267 e. The molecule has 27 heavy (non-hydrogen) atoms. The Morgan fingerprint density at radius 1 is 1.07 bits per heavy atom. The lowest BCUT2D eigenvalue weighted by molar-refractivity contribution is 0.307. The zero-order chi connectivity index (χ0) is 20.4. The number of hydrogen-bond donors (Lipinski definition) is 0. The largest absolute Gasteiger partial charge is 0.272 e. The highest BCUT2D eigenvalue weighted by molar-refractivity contribution is 7.90. The normalized spacial score (nSPS) is 12.5. The summed E-state index contributed by atoms with van der Waals surface area (Å²) in [6.45, 7) is 3.80. The average Bonchev–Trinajstić information content (AvgIpc) is 2.53. The Balaban J connectivity index is 2.53. The van der Waals surface area contributed by atoms with Gasteiger partial charge >= 0.3 is 0 Å². The van der Waals surface area contributed by atoms with Gasteiger partial charge in [0.25, 0.3) is 15.7 Å². The Morgan fingerprint density at radius 3 is 2.15 bits per heavy atom. The van der Waals surface area contributed by atoms with Crippen molar-refractivity contribution in [3.63, 3.8) is 0 Å². The molecule has 148 valence electrons. The highest BCUT2D eigenvalue weighted by Gasteiger charge is 2.14. The standard InChI is InChI=1S/C17H22N2O6S2/c1-12(2)10-19-17(20)14(11-25-27(4,23)24)9-16(18-19)13-5-7-15(8-6-13)26(3,21)22/h5-9,12H,10-11H2,1-4H3. The van der Waals surface area contributed by atoms with Crippen molar-refractivity contribution >= 4 is 20.0 Å². The maximum Gasteiger partial charge on any atom is 0.272 e. The Morgan fingerprint density at radius 2 is 1.67 bits per heavy atom. The van der Waals surface area contributed by atoms with Crippen molar-refractivity contribution in [1.29, 1.82) is 0 Å². The number of nitrogens with zero attached hydrogens (tertiary/aromatic N) is 2. The van der Waals surface area contributed by atoms with Gasteiger partial charge in [0.2, 0.25) is 0 Å². The Bertz CT molecular complexity index is 1090. The predicted molar refractivity (Wildman–Crippen MR) is 102 cm³/mol. The van der Waals surface area contributed by atoms with Gasteiger partial charge in [-0.25, -0.2) is 13.1 Å². The fourth-order valence-corrected chi connectivity index (χ4v) is 3.33. The SMILES string of the molecule is CC(C)Cn1nc(-c2ccc(S(C)(=O)=O)cc2)cc(COS(C)(=O)=O)c1=O. The van der Waals surface area contributed by atoms with Crippen LogP contribution in [0.3, 0.4) is 0 Å². The third-order valence-electron chi connectivity index (χ3n) is 3.59. The molecule has 2 aromatic rings. The van der Waals surface area contributed by atoms with Crippen LogP contribution in [-0.2, 0) is 37.3 Å². The van der Waals surface area contributed by atoms with E-state index in [1.165, 1.54) is 22.9 Å². The highest BCUT2D eigenvalue weighted by atomic mass is 32.2. The second-order valence-corrected chi connectivity index (χ2v) is 10.4. The van der Waals surface area contributed by atoms with E-state index < -0.39 is 32.1 Å². The van der Waals surface area contributed by atoms with Crippen LogP contribution >= 0.6 is 0 Å². The molecule has 0 aliphatic rings. The number of sulfone groups is 1. The lowest BCUT2D eigenvalue weighted by Crippen LogP contribution is -2.29. The fourth-order valence-electron chi connectivity index (χ4n) is 2.35. The predicted octanol–water partition coefficient (Wildman–Crippen LogP) is 1.45. The van der Waals surface area contributed by atoms with Crippen molar-refractivity contribution in [2.75, 3.05) is 12.5 Å². The van der Waals surface area contributed by atoms with E-state index in [2.05, 4.69) is 5.10 Å². The maximum atomic E-state index is 12.5. The molecule has 0 N–H and O–H groups in total. The van der Waals surface area contributed by atoms with Gasteiger partial charge in [-0.3, -0.25) is 8.98 Å². The van der Waals surface area contributed by atoms with Crippen molar-refractivity contribution in [2.24, 2.45) is 5.92 Å². The van der Waals surface area contributed by atoms with Crippen molar-refractivity contribution in [3.8, 4) is 11.3 Å².